The zero-order valence-electron chi connectivity index (χ0n) is 17.9. The summed E-state index contributed by atoms with van der Waals surface area (Å²) in [4.78, 5) is 11.2. The van der Waals surface area contributed by atoms with E-state index in [1.807, 2.05) is 18.2 Å². The SMILES string of the molecule is O=C(O)C[C@H]1CC[C@H]2[C@@H](COC[C@H](O)CN2S(=O)(=O)c2ccc(Oc3ccccc3)cc2)O1. The molecule has 2 aliphatic heterocycles. The van der Waals surface area contributed by atoms with E-state index >= 15 is 0 Å². The topological polar surface area (TPSA) is 123 Å². The zero-order chi connectivity index (χ0) is 23.4. The van der Waals surface area contributed by atoms with Gasteiger partial charge in [0.25, 0.3) is 0 Å². The van der Waals surface area contributed by atoms with Crippen LogP contribution >= 0.6 is 0 Å². The van der Waals surface area contributed by atoms with Crippen LogP contribution in [0.25, 0.3) is 0 Å². The summed E-state index contributed by atoms with van der Waals surface area (Å²) in [6.45, 7) is -0.0987. The number of nitrogens with zero attached hydrogens (tertiary/aromatic N) is 1. The third kappa shape index (κ3) is 5.71. The highest BCUT2D eigenvalue weighted by Gasteiger charge is 2.43. The molecule has 0 bridgehead atoms. The lowest BCUT2D eigenvalue weighted by Crippen LogP contribution is -2.57. The first kappa shape index (κ1) is 23.7. The molecule has 0 aliphatic carbocycles. The molecule has 9 nitrogen and oxygen atoms in total. The van der Waals surface area contributed by atoms with Crippen LogP contribution in [-0.4, -0.2) is 73.0 Å². The molecular weight excluding hydrogens is 450 g/mol. The van der Waals surface area contributed by atoms with Gasteiger partial charge in [0.15, 0.2) is 0 Å². The van der Waals surface area contributed by atoms with E-state index in [-0.39, 0.29) is 31.1 Å². The predicted octanol–water partition coefficient (Wildman–Crippen LogP) is 2.25. The lowest BCUT2D eigenvalue weighted by molar-refractivity contribution is -0.155. The second-order valence-corrected chi connectivity index (χ2v) is 10.1. The van der Waals surface area contributed by atoms with E-state index in [1.165, 1.54) is 16.4 Å². The van der Waals surface area contributed by atoms with Gasteiger partial charge in [-0.3, -0.25) is 4.79 Å². The number of ether oxygens (including phenoxy) is 3. The lowest BCUT2D eigenvalue weighted by Gasteiger charge is -2.43. The van der Waals surface area contributed by atoms with Crippen LogP contribution < -0.4 is 4.74 Å². The second-order valence-electron chi connectivity index (χ2n) is 8.19. The summed E-state index contributed by atoms with van der Waals surface area (Å²) < 4.78 is 45.5. The van der Waals surface area contributed by atoms with E-state index < -0.39 is 40.3 Å². The van der Waals surface area contributed by atoms with Crippen LogP contribution in [0.5, 0.6) is 11.5 Å². The predicted molar refractivity (Wildman–Crippen MR) is 118 cm³/mol. The van der Waals surface area contributed by atoms with Crippen molar-refractivity contribution >= 4 is 16.0 Å². The summed E-state index contributed by atoms with van der Waals surface area (Å²) in [5, 5.41) is 19.4. The van der Waals surface area contributed by atoms with Gasteiger partial charge in [0, 0.05) is 6.54 Å². The van der Waals surface area contributed by atoms with Crippen LogP contribution in [0.2, 0.25) is 0 Å². The summed E-state index contributed by atoms with van der Waals surface area (Å²) in [6.07, 6.45) is -1.45. The Morgan fingerprint density at radius 3 is 2.42 bits per heavy atom. The van der Waals surface area contributed by atoms with E-state index in [0.29, 0.717) is 24.3 Å². The Balaban J connectivity index is 1.55. The molecule has 0 unspecified atom stereocenters. The molecule has 2 aromatic carbocycles. The van der Waals surface area contributed by atoms with E-state index in [2.05, 4.69) is 0 Å². The standard InChI is InChI=1S/C23H27NO8S/c25-16-13-24(21-11-8-19(12-23(26)27)32-22(21)15-30-14-16)33(28,29)20-9-6-18(7-10-20)31-17-4-2-1-3-5-17/h1-7,9-10,16,19,21-22,25H,8,11-15H2,(H,26,27)/t16-,19-,21+,22-/m1/s1. The minimum absolute atomic E-state index is 0.0357. The first-order chi connectivity index (χ1) is 15.8. The van der Waals surface area contributed by atoms with E-state index in [1.54, 1.807) is 24.3 Å². The molecule has 0 spiro atoms. The number of aliphatic hydroxyl groups excluding tert-OH is 1. The van der Waals surface area contributed by atoms with E-state index in [0.717, 1.165) is 0 Å². The molecule has 2 aliphatic rings. The minimum Gasteiger partial charge on any atom is -0.481 e. The highest BCUT2D eigenvalue weighted by atomic mass is 32.2. The first-order valence-corrected chi connectivity index (χ1v) is 12.2. The monoisotopic (exact) mass is 477 g/mol. The highest BCUT2D eigenvalue weighted by Crippen LogP contribution is 2.32. The number of para-hydroxylation sites is 1. The number of hydrogen-bond acceptors (Lipinski definition) is 7. The number of benzene rings is 2. The van der Waals surface area contributed by atoms with Gasteiger partial charge < -0.3 is 24.4 Å². The molecule has 2 fully saturated rings. The molecule has 0 amide bonds. The normalized spacial score (nSPS) is 26.6. The molecule has 33 heavy (non-hydrogen) atoms. The number of carbonyl (C=O) groups is 1. The van der Waals surface area contributed by atoms with Gasteiger partial charge >= 0.3 is 5.97 Å². The van der Waals surface area contributed by atoms with Gasteiger partial charge in [-0.05, 0) is 49.2 Å². The van der Waals surface area contributed by atoms with Crippen LogP contribution in [0, 0.1) is 0 Å². The number of aliphatic hydroxyl groups is 1. The molecule has 0 aromatic heterocycles. The summed E-state index contributed by atoms with van der Waals surface area (Å²) in [5.41, 5.74) is 0. The Morgan fingerprint density at radius 2 is 1.73 bits per heavy atom. The maximum Gasteiger partial charge on any atom is 0.305 e. The van der Waals surface area contributed by atoms with E-state index in [4.69, 9.17) is 19.3 Å². The number of sulfonamides is 1. The van der Waals surface area contributed by atoms with Crippen molar-refractivity contribution in [2.75, 3.05) is 19.8 Å². The van der Waals surface area contributed by atoms with E-state index in [9.17, 15) is 18.3 Å². The zero-order valence-corrected chi connectivity index (χ0v) is 18.8. The van der Waals surface area contributed by atoms with Crippen molar-refractivity contribution in [1.29, 1.82) is 0 Å². The second kappa shape index (κ2) is 10.2. The van der Waals surface area contributed by atoms with Crippen molar-refractivity contribution in [3.8, 4) is 11.5 Å². The molecule has 0 saturated carbocycles. The summed E-state index contributed by atoms with van der Waals surface area (Å²) in [7, 11) is -3.97. The van der Waals surface area contributed by atoms with Gasteiger partial charge in [-0.1, -0.05) is 18.2 Å². The third-order valence-electron chi connectivity index (χ3n) is 5.75. The van der Waals surface area contributed by atoms with Gasteiger partial charge in [-0.25, -0.2) is 8.42 Å². The fourth-order valence-corrected chi connectivity index (χ4v) is 5.92. The van der Waals surface area contributed by atoms with Gasteiger partial charge in [0.2, 0.25) is 10.0 Å². The Hall–Kier alpha value is -2.50. The maximum atomic E-state index is 13.6. The number of hydrogen-bond donors (Lipinski definition) is 2. The van der Waals surface area contributed by atoms with Crippen LogP contribution in [0.15, 0.2) is 59.5 Å². The van der Waals surface area contributed by atoms with Crippen LogP contribution in [-0.2, 0) is 24.3 Å². The van der Waals surface area contributed by atoms with Gasteiger partial charge in [-0.2, -0.15) is 4.31 Å². The van der Waals surface area contributed by atoms with Crippen molar-refractivity contribution in [3.63, 3.8) is 0 Å². The van der Waals surface area contributed by atoms with Crippen molar-refractivity contribution < 1.29 is 37.6 Å². The molecule has 2 aromatic rings. The molecule has 0 radical (unpaired) electrons. The number of β-amino-alcohol motifs (C(OH)–C–C–N with tert-alkyl or cyclic N) is 1. The van der Waals surface area contributed by atoms with Crippen LogP contribution in [0.4, 0.5) is 0 Å². The van der Waals surface area contributed by atoms with Gasteiger partial charge in [-0.15, -0.1) is 0 Å². The molecule has 2 heterocycles. The maximum absolute atomic E-state index is 13.6. The molecular formula is C23H27NO8S. The number of rotatable bonds is 6. The van der Waals surface area contributed by atoms with Gasteiger partial charge in [0.1, 0.15) is 11.5 Å². The Kier molecular flexibility index (Phi) is 7.30. The van der Waals surface area contributed by atoms with Crippen LogP contribution in [0.1, 0.15) is 19.3 Å². The van der Waals surface area contributed by atoms with Gasteiger partial charge in [0.05, 0.1) is 48.9 Å². The Bertz CT molecular complexity index is 1040. The molecule has 4 rings (SSSR count). The minimum atomic E-state index is -3.97. The molecule has 4 atom stereocenters. The highest BCUT2D eigenvalue weighted by molar-refractivity contribution is 7.89. The van der Waals surface area contributed by atoms with Crippen molar-refractivity contribution in [1.82, 2.24) is 4.31 Å². The first-order valence-electron chi connectivity index (χ1n) is 10.8. The lowest BCUT2D eigenvalue weighted by atomic mass is 9.96. The quantitative estimate of drug-likeness (QED) is 0.650. The average molecular weight is 478 g/mol. The molecule has 10 heteroatoms. The van der Waals surface area contributed by atoms with Crippen molar-refractivity contribution in [2.45, 2.75) is 48.5 Å². The number of aliphatic carboxylic acids is 1. The Labute approximate surface area is 192 Å². The number of fused-ring (bicyclic) bond motifs is 1. The molecule has 2 N–H and O–H groups in total. The smallest absolute Gasteiger partial charge is 0.305 e. The largest absolute Gasteiger partial charge is 0.481 e. The van der Waals surface area contributed by atoms with Crippen LogP contribution in [0.3, 0.4) is 0 Å². The number of carboxylic acid groups (broad SMARTS) is 1. The molecule has 2 saturated heterocycles. The fourth-order valence-electron chi connectivity index (χ4n) is 4.21. The van der Waals surface area contributed by atoms with Crippen molar-refractivity contribution in [3.05, 3.63) is 54.6 Å². The van der Waals surface area contributed by atoms with Crippen molar-refractivity contribution in [2.24, 2.45) is 0 Å². The fraction of sp³-hybridized carbons (Fsp3) is 0.435. The summed E-state index contributed by atoms with van der Waals surface area (Å²) >= 11 is 0. The number of carboxylic acids is 1. The third-order valence-corrected chi connectivity index (χ3v) is 7.65. The summed E-state index contributed by atoms with van der Waals surface area (Å²) in [6, 6.07) is 14.7. The summed E-state index contributed by atoms with van der Waals surface area (Å²) in [5.74, 6) is 0.165. The average Bonchev–Trinajstić information content (AvgIpc) is 2.77. The Morgan fingerprint density at radius 1 is 1.03 bits per heavy atom. The molecule has 178 valence electrons.